The first-order valence-electron chi connectivity index (χ1n) is 3.40. The average molecular weight is 189 g/mol. The zero-order valence-electron chi connectivity index (χ0n) is 6.53. The van der Waals surface area contributed by atoms with Crippen molar-refractivity contribution >= 4 is 17.9 Å². The fourth-order valence-electron chi connectivity index (χ4n) is 0.967. The monoisotopic (exact) mass is 188 g/mol. The summed E-state index contributed by atoms with van der Waals surface area (Å²) < 4.78 is 4.87. The van der Waals surface area contributed by atoms with Gasteiger partial charge in [0, 0.05) is 12.7 Å². The van der Waals surface area contributed by atoms with E-state index in [4.69, 9.17) is 16.3 Å². The highest BCUT2D eigenvalue weighted by Crippen LogP contribution is 2.26. The topological polar surface area (TPSA) is 46.5 Å². The number of ether oxygens (including phenoxy) is 1. The molecule has 0 aromatic carbocycles. The van der Waals surface area contributed by atoms with Gasteiger partial charge in [-0.05, 0) is 12.2 Å². The Morgan fingerprint density at radius 3 is 3.00 bits per heavy atom. The first-order valence-corrected chi connectivity index (χ1v) is 3.78. The zero-order valence-corrected chi connectivity index (χ0v) is 7.28. The van der Waals surface area contributed by atoms with E-state index < -0.39 is 11.2 Å². The summed E-state index contributed by atoms with van der Waals surface area (Å²) in [7, 11) is 1.41. The minimum Gasteiger partial charge on any atom is -0.373 e. The Labute approximate surface area is 75.3 Å². The second-order valence-electron chi connectivity index (χ2n) is 2.50. The third kappa shape index (κ3) is 1.75. The highest BCUT2D eigenvalue weighted by atomic mass is 35.5. The van der Waals surface area contributed by atoms with Crippen molar-refractivity contribution in [1.29, 1.82) is 0 Å². The van der Waals surface area contributed by atoms with E-state index in [1.54, 1.807) is 0 Å². The molecule has 3 nitrogen and oxygen atoms in total. The van der Waals surface area contributed by atoms with Crippen LogP contribution in [-0.2, 0) is 9.53 Å². The molecule has 0 bridgehead atoms. The third-order valence-electron chi connectivity index (χ3n) is 1.64. The van der Waals surface area contributed by atoms with Crippen LogP contribution in [0, 0.1) is 0 Å². The number of carbonyl (C=O) groups is 1. The number of halogens is 1. The van der Waals surface area contributed by atoms with Gasteiger partial charge in [0.1, 0.15) is 12.4 Å². The van der Waals surface area contributed by atoms with Gasteiger partial charge in [-0.3, -0.25) is 4.79 Å². The highest BCUT2D eigenvalue weighted by molar-refractivity contribution is 6.24. The summed E-state index contributed by atoms with van der Waals surface area (Å²) in [5.74, 6) is 0. The van der Waals surface area contributed by atoms with Crippen molar-refractivity contribution in [3.63, 3.8) is 0 Å². The lowest BCUT2D eigenvalue weighted by molar-refractivity contribution is -0.104. The molecule has 2 atom stereocenters. The Morgan fingerprint density at radius 2 is 2.50 bits per heavy atom. The average Bonchev–Trinajstić information content (AvgIpc) is 2.04. The molecule has 0 aliphatic heterocycles. The third-order valence-corrected chi connectivity index (χ3v) is 1.98. The van der Waals surface area contributed by atoms with E-state index in [-0.39, 0.29) is 0 Å². The Bertz CT molecular complexity index is 243. The minimum atomic E-state index is -1.54. The second kappa shape index (κ2) is 3.39. The number of rotatable bonds is 2. The molecular formula is C8H9ClO3. The molecule has 0 radical (unpaired) electrons. The Hall–Kier alpha value is -0.640. The van der Waals surface area contributed by atoms with E-state index in [2.05, 4.69) is 0 Å². The van der Waals surface area contributed by atoms with Crippen molar-refractivity contribution in [2.75, 3.05) is 7.11 Å². The van der Waals surface area contributed by atoms with E-state index in [0.717, 1.165) is 0 Å². The van der Waals surface area contributed by atoms with Gasteiger partial charge in [0.15, 0.2) is 5.06 Å². The molecule has 0 saturated carbocycles. The van der Waals surface area contributed by atoms with E-state index in [0.29, 0.717) is 11.9 Å². The lowest BCUT2D eigenvalue weighted by Crippen LogP contribution is -2.36. The number of aldehydes is 1. The first-order chi connectivity index (χ1) is 5.60. The highest BCUT2D eigenvalue weighted by Gasteiger charge is 2.33. The summed E-state index contributed by atoms with van der Waals surface area (Å²) in [4.78, 5) is 10.3. The number of aliphatic hydroxyl groups is 1. The lowest BCUT2D eigenvalue weighted by Gasteiger charge is -2.26. The Kier molecular flexibility index (Phi) is 2.67. The number of hydrogen-bond donors (Lipinski definition) is 1. The quantitative estimate of drug-likeness (QED) is 0.511. The molecule has 0 aromatic heterocycles. The van der Waals surface area contributed by atoms with Gasteiger partial charge < -0.3 is 9.84 Å². The van der Waals surface area contributed by atoms with Crippen molar-refractivity contribution in [2.24, 2.45) is 0 Å². The van der Waals surface area contributed by atoms with Crippen molar-refractivity contribution in [2.45, 2.75) is 11.2 Å². The van der Waals surface area contributed by atoms with Crippen molar-refractivity contribution in [1.82, 2.24) is 0 Å². The number of hydrogen-bond acceptors (Lipinski definition) is 3. The van der Waals surface area contributed by atoms with Crippen LogP contribution < -0.4 is 0 Å². The molecule has 1 N–H and O–H groups in total. The predicted octanol–water partition coefficient (Wildman–Crippen LogP) is 0.624. The summed E-state index contributed by atoms with van der Waals surface area (Å²) in [5.41, 5.74) is 0.451. The molecule has 12 heavy (non-hydrogen) atoms. The van der Waals surface area contributed by atoms with Gasteiger partial charge >= 0.3 is 0 Å². The summed E-state index contributed by atoms with van der Waals surface area (Å²) in [5, 5.41) is 7.90. The summed E-state index contributed by atoms with van der Waals surface area (Å²) in [6, 6.07) is 0. The van der Waals surface area contributed by atoms with Crippen LogP contribution in [0.1, 0.15) is 0 Å². The van der Waals surface area contributed by atoms with E-state index >= 15 is 0 Å². The molecule has 0 spiro atoms. The number of alkyl halides is 1. The van der Waals surface area contributed by atoms with Crippen LogP contribution in [0.15, 0.2) is 23.8 Å². The van der Waals surface area contributed by atoms with Crippen LogP contribution in [0.2, 0.25) is 0 Å². The zero-order chi connectivity index (χ0) is 9.19. The van der Waals surface area contributed by atoms with Gasteiger partial charge in [-0.25, -0.2) is 0 Å². The van der Waals surface area contributed by atoms with Gasteiger partial charge in [0.05, 0.1) is 0 Å². The van der Waals surface area contributed by atoms with Gasteiger partial charge in [0.2, 0.25) is 0 Å². The second-order valence-corrected chi connectivity index (χ2v) is 3.11. The fourth-order valence-corrected chi connectivity index (χ4v) is 1.18. The van der Waals surface area contributed by atoms with Crippen LogP contribution in [-0.4, -0.2) is 29.7 Å². The van der Waals surface area contributed by atoms with Crippen LogP contribution in [0.4, 0.5) is 0 Å². The van der Waals surface area contributed by atoms with Crippen LogP contribution >= 0.6 is 11.6 Å². The van der Waals surface area contributed by atoms with Crippen molar-refractivity contribution in [3.05, 3.63) is 23.8 Å². The standard InChI is InChI=1S/C8H9ClO3/c1-12-7-4-6(5-10)2-3-8(7,9)11/h2-5,7,11H,1H3. The molecule has 1 aliphatic carbocycles. The molecule has 0 saturated heterocycles. The van der Waals surface area contributed by atoms with Crippen LogP contribution in [0.5, 0.6) is 0 Å². The van der Waals surface area contributed by atoms with E-state index in [9.17, 15) is 9.90 Å². The molecule has 0 amide bonds. The smallest absolute Gasteiger partial charge is 0.187 e. The maximum atomic E-state index is 10.3. The molecule has 4 heteroatoms. The molecule has 2 unspecified atom stereocenters. The maximum Gasteiger partial charge on any atom is 0.187 e. The van der Waals surface area contributed by atoms with E-state index in [1.165, 1.54) is 25.3 Å². The molecule has 0 fully saturated rings. The lowest BCUT2D eigenvalue weighted by atomic mass is 10.0. The van der Waals surface area contributed by atoms with Crippen molar-refractivity contribution in [3.8, 4) is 0 Å². The maximum absolute atomic E-state index is 10.3. The predicted molar refractivity (Wildman–Crippen MR) is 44.9 cm³/mol. The summed E-state index contributed by atoms with van der Waals surface area (Å²) >= 11 is 5.64. The minimum absolute atomic E-state index is 0.451. The number of allylic oxidation sites excluding steroid dienone is 2. The van der Waals surface area contributed by atoms with Crippen LogP contribution in [0.3, 0.4) is 0 Å². The Morgan fingerprint density at radius 1 is 1.83 bits per heavy atom. The summed E-state index contributed by atoms with van der Waals surface area (Å²) in [6.07, 6.45) is 4.25. The molecular weight excluding hydrogens is 180 g/mol. The number of methoxy groups -OCH3 is 1. The van der Waals surface area contributed by atoms with Crippen molar-refractivity contribution < 1.29 is 14.6 Å². The normalized spacial score (nSPS) is 34.6. The Balaban J connectivity index is 2.89. The molecule has 66 valence electrons. The first kappa shape index (κ1) is 9.45. The summed E-state index contributed by atoms with van der Waals surface area (Å²) in [6.45, 7) is 0. The van der Waals surface area contributed by atoms with Crippen LogP contribution in [0.25, 0.3) is 0 Å². The molecule has 1 aliphatic rings. The molecule has 1 rings (SSSR count). The van der Waals surface area contributed by atoms with Gasteiger partial charge in [-0.1, -0.05) is 17.7 Å². The fraction of sp³-hybridized carbons (Fsp3) is 0.375. The largest absolute Gasteiger partial charge is 0.373 e. The van der Waals surface area contributed by atoms with Gasteiger partial charge in [0.25, 0.3) is 0 Å². The van der Waals surface area contributed by atoms with E-state index in [1.807, 2.05) is 0 Å². The van der Waals surface area contributed by atoms with Gasteiger partial charge in [-0.15, -0.1) is 0 Å². The molecule has 0 aromatic rings. The molecule has 0 heterocycles. The number of carbonyl (C=O) groups excluding carboxylic acids is 1. The SMILES string of the molecule is COC1C=C(C=O)C=CC1(O)Cl. The van der Waals surface area contributed by atoms with Gasteiger partial charge in [-0.2, -0.15) is 0 Å².